The molecule has 3 heterocycles. The summed E-state index contributed by atoms with van der Waals surface area (Å²) in [6.07, 6.45) is -0.653. The molecule has 1 aromatic heterocycles. The molecule has 0 radical (unpaired) electrons. The van der Waals surface area contributed by atoms with Crippen LogP contribution in [0.25, 0.3) is 0 Å². The number of thioether (sulfide) groups is 1. The van der Waals surface area contributed by atoms with Crippen LogP contribution in [0.3, 0.4) is 0 Å². The number of benzene rings is 1. The second-order valence-corrected chi connectivity index (χ2v) is 10.1. The number of carbonyl (C=O) groups excluding carboxylic acids is 3. The van der Waals surface area contributed by atoms with E-state index in [1.54, 1.807) is 29.2 Å². The van der Waals surface area contributed by atoms with Crippen LogP contribution >= 0.6 is 11.8 Å². The van der Waals surface area contributed by atoms with Gasteiger partial charge in [0.05, 0.1) is 24.3 Å². The van der Waals surface area contributed by atoms with E-state index >= 15 is 0 Å². The average Bonchev–Trinajstić information content (AvgIpc) is 2.92. The second-order valence-electron chi connectivity index (χ2n) is 9.04. The zero-order valence-electron chi connectivity index (χ0n) is 21.3. The van der Waals surface area contributed by atoms with Gasteiger partial charge in [-0.05, 0) is 17.5 Å². The molecule has 4 N–H and O–H groups in total. The van der Waals surface area contributed by atoms with E-state index in [-0.39, 0.29) is 37.4 Å². The summed E-state index contributed by atoms with van der Waals surface area (Å²) in [7, 11) is 0. The molecule has 0 saturated carbocycles. The van der Waals surface area contributed by atoms with E-state index in [0.717, 1.165) is 11.8 Å². The van der Waals surface area contributed by atoms with Gasteiger partial charge in [0.25, 0.3) is 5.91 Å². The number of ether oxygens (including phenoxy) is 2. The van der Waals surface area contributed by atoms with E-state index in [2.05, 4.69) is 12.1 Å². The van der Waals surface area contributed by atoms with Crippen molar-refractivity contribution >= 4 is 35.5 Å². The zero-order chi connectivity index (χ0) is 28.2. The van der Waals surface area contributed by atoms with E-state index in [4.69, 9.17) is 25.9 Å². The Bertz CT molecular complexity index is 1360. The Morgan fingerprint density at radius 2 is 1.74 bits per heavy atom. The number of nitrogens with two attached hydrogens (primary N) is 2. The van der Waals surface area contributed by atoms with Crippen LogP contribution in [0.2, 0.25) is 0 Å². The number of hydrogen-bond acceptors (Lipinski definition) is 10. The van der Waals surface area contributed by atoms with Crippen LogP contribution in [0.1, 0.15) is 34.4 Å². The van der Waals surface area contributed by atoms with Crippen LogP contribution in [0.4, 0.5) is 10.6 Å². The summed E-state index contributed by atoms with van der Waals surface area (Å²) < 4.78 is 10.2. The van der Waals surface area contributed by atoms with Crippen LogP contribution in [0.15, 0.2) is 35.4 Å². The fourth-order valence-corrected chi connectivity index (χ4v) is 5.70. The van der Waals surface area contributed by atoms with Crippen LogP contribution in [0, 0.1) is 22.7 Å². The number of nitrogens with zero attached hydrogens (tertiary/aromatic N) is 5. The number of primary amides is 2. The quantitative estimate of drug-likeness (QED) is 0.453. The summed E-state index contributed by atoms with van der Waals surface area (Å²) in [6.45, 7) is 2.92. The highest BCUT2D eigenvalue weighted by atomic mass is 32.2. The summed E-state index contributed by atoms with van der Waals surface area (Å²) in [5.74, 6) is -0.604. The highest BCUT2D eigenvalue weighted by Gasteiger charge is 2.52. The fraction of sp³-hybridized carbons (Fsp3) is 0.385. The van der Waals surface area contributed by atoms with Gasteiger partial charge in [0.2, 0.25) is 11.5 Å². The largest absolute Gasteiger partial charge is 0.428 e. The number of aromatic nitrogens is 1. The van der Waals surface area contributed by atoms with Crippen molar-refractivity contribution in [2.75, 3.05) is 44.3 Å². The predicted molar refractivity (Wildman–Crippen MR) is 140 cm³/mol. The van der Waals surface area contributed by atoms with Crippen LogP contribution < -0.4 is 16.4 Å². The molecule has 12 nitrogen and oxygen atoms in total. The highest BCUT2D eigenvalue weighted by molar-refractivity contribution is 8.00. The number of hydrogen-bond donors (Lipinski definition) is 2. The first-order valence-corrected chi connectivity index (χ1v) is 13.1. The Labute approximate surface area is 229 Å². The Balaban J connectivity index is 1.64. The van der Waals surface area contributed by atoms with Crippen LogP contribution in [-0.4, -0.2) is 72.8 Å². The van der Waals surface area contributed by atoms with Gasteiger partial charge in [-0.1, -0.05) is 49.0 Å². The molecule has 0 spiro atoms. The summed E-state index contributed by atoms with van der Waals surface area (Å²) >= 11 is 1.07. The lowest BCUT2D eigenvalue weighted by Gasteiger charge is -2.44. The third kappa shape index (κ3) is 5.46. The molecule has 1 unspecified atom stereocenters. The number of piperazine rings is 1. The first-order chi connectivity index (χ1) is 18.7. The van der Waals surface area contributed by atoms with Gasteiger partial charge in [0.1, 0.15) is 28.2 Å². The van der Waals surface area contributed by atoms with Gasteiger partial charge in [-0.15, -0.1) is 0 Å². The Morgan fingerprint density at radius 3 is 2.23 bits per heavy atom. The highest BCUT2D eigenvalue weighted by Crippen LogP contribution is 2.39. The molecule has 2 saturated heterocycles. The van der Waals surface area contributed by atoms with Crippen LogP contribution in [0.5, 0.6) is 0 Å². The van der Waals surface area contributed by atoms with Gasteiger partial charge in [-0.2, -0.15) is 10.5 Å². The van der Waals surface area contributed by atoms with Gasteiger partial charge >= 0.3 is 6.09 Å². The standard InChI is InChI=1S/C26H27N7O5S/c1-2-17-18(12-27)22(31-23(19(17)13-28)39-20(21(29)34)16-6-4-3-5-7-16)32-8-10-33(11-9-32)24(35)26(14-37-15-26)38-25(30)36/h3-7,20H,2,8-11,14-15H2,1H3,(H2,29,34)(H2,30,36). The number of rotatable bonds is 8. The summed E-state index contributed by atoms with van der Waals surface area (Å²) in [4.78, 5) is 45.0. The molecule has 0 bridgehead atoms. The molecule has 1 aromatic carbocycles. The van der Waals surface area contributed by atoms with Crippen molar-refractivity contribution in [1.29, 1.82) is 10.5 Å². The second kappa shape index (κ2) is 11.6. The molecule has 1 atom stereocenters. The Morgan fingerprint density at radius 1 is 1.10 bits per heavy atom. The summed E-state index contributed by atoms with van der Waals surface area (Å²) in [5, 5.41) is 19.5. The number of pyridine rings is 1. The molecule has 2 aliphatic rings. The van der Waals surface area contributed by atoms with Crippen LogP contribution in [-0.2, 0) is 25.5 Å². The lowest BCUT2D eigenvalue weighted by Crippen LogP contribution is -2.66. The van der Waals surface area contributed by atoms with E-state index in [1.165, 1.54) is 0 Å². The SMILES string of the molecule is CCc1c(C#N)c(SC(C(N)=O)c2ccccc2)nc(N2CCN(C(=O)C3(OC(N)=O)COC3)CC2)c1C#N. The minimum atomic E-state index is -1.42. The molecule has 3 amide bonds. The summed E-state index contributed by atoms with van der Waals surface area (Å²) in [5.41, 5.74) is 11.2. The van der Waals surface area contributed by atoms with E-state index in [1.807, 2.05) is 17.9 Å². The van der Waals surface area contributed by atoms with Gasteiger partial charge in [-0.3, -0.25) is 9.59 Å². The molecule has 2 fully saturated rings. The maximum absolute atomic E-state index is 13.1. The third-order valence-corrected chi connectivity index (χ3v) is 7.90. The molecular formula is C26H27N7O5S. The van der Waals surface area contributed by atoms with Crippen molar-refractivity contribution in [3.8, 4) is 12.1 Å². The molecular weight excluding hydrogens is 522 g/mol. The zero-order valence-corrected chi connectivity index (χ0v) is 22.1. The molecule has 0 aliphatic carbocycles. The molecule has 2 aromatic rings. The Kier molecular flexibility index (Phi) is 8.24. The van der Waals surface area contributed by atoms with Gasteiger partial charge in [-0.25, -0.2) is 9.78 Å². The minimum absolute atomic E-state index is 0.0619. The van der Waals surface area contributed by atoms with Gasteiger partial charge in [0.15, 0.2) is 0 Å². The molecule has 202 valence electrons. The van der Waals surface area contributed by atoms with E-state index in [9.17, 15) is 24.9 Å². The third-order valence-electron chi connectivity index (χ3n) is 6.64. The molecule has 4 rings (SSSR count). The lowest BCUT2D eigenvalue weighted by molar-refractivity contribution is -0.199. The Hall–Kier alpha value is -4.33. The van der Waals surface area contributed by atoms with Crippen molar-refractivity contribution in [3.63, 3.8) is 0 Å². The minimum Gasteiger partial charge on any atom is -0.428 e. The first kappa shape index (κ1) is 27.7. The van der Waals surface area contributed by atoms with Crippen molar-refractivity contribution in [3.05, 3.63) is 52.6 Å². The normalized spacial score (nSPS) is 16.8. The van der Waals surface area contributed by atoms with Gasteiger partial charge in [0, 0.05) is 26.2 Å². The van der Waals surface area contributed by atoms with Crippen molar-refractivity contribution in [1.82, 2.24) is 9.88 Å². The number of amides is 3. The predicted octanol–water partition coefficient (Wildman–Crippen LogP) is 1.22. The maximum atomic E-state index is 13.1. The van der Waals surface area contributed by atoms with Crippen molar-refractivity contribution in [2.45, 2.75) is 29.2 Å². The van der Waals surface area contributed by atoms with E-state index < -0.39 is 28.8 Å². The van der Waals surface area contributed by atoms with E-state index in [0.29, 0.717) is 41.5 Å². The smallest absolute Gasteiger partial charge is 0.405 e. The van der Waals surface area contributed by atoms with Crippen molar-refractivity contribution < 1.29 is 23.9 Å². The fourth-order valence-electron chi connectivity index (χ4n) is 4.64. The molecule has 2 aliphatic heterocycles. The molecule has 39 heavy (non-hydrogen) atoms. The van der Waals surface area contributed by atoms with Crippen molar-refractivity contribution in [2.24, 2.45) is 11.5 Å². The monoisotopic (exact) mass is 549 g/mol. The number of nitriles is 2. The average molecular weight is 550 g/mol. The number of carbonyl (C=O) groups is 3. The van der Waals surface area contributed by atoms with Gasteiger partial charge < -0.3 is 30.7 Å². The molecule has 13 heteroatoms. The maximum Gasteiger partial charge on any atom is 0.405 e. The number of anilines is 1. The lowest BCUT2D eigenvalue weighted by atomic mass is 9.99. The summed E-state index contributed by atoms with van der Waals surface area (Å²) in [6, 6.07) is 13.3. The first-order valence-electron chi connectivity index (χ1n) is 12.2. The topological polar surface area (TPSA) is 189 Å².